The number of aliphatic hydroxyl groups excluding tert-OH is 1. The van der Waals surface area contributed by atoms with Gasteiger partial charge in [-0.2, -0.15) is 0 Å². The van der Waals surface area contributed by atoms with E-state index in [2.05, 4.69) is 26.1 Å². The smallest absolute Gasteiger partial charge is 0.161 e. The van der Waals surface area contributed by atoms with E-state index in [1.165, 1.54) is 11.1 Å². The number of nitrogens with zero attached hydrogens (tertiary/aromatic N) is 1. The highest BCUT2D eigenvalue weighted by Gasteiger charge is 2.37. The highest BCUT2D eigenvalue weighted by molar-refractivity contribution is 5.48. The third-order valence-electron chi connectivity index (χ3n) is 4.60. The second-order valence-corrected chi connectivity index (χ2v) is 6.07. The number of likely N-dealkylation sites (N-methyl/N-ethyl adjacent to an activating group) is 1. The van der Waals surface area contributed by atoms with Crippen molar-refractivity contribution in [3.05, 3.63) is 23.3 Å². The molecule has 20 heavy (non-hydrogen) atoms. The van der Waals surface area contributed by atoms with Gasteiger partial charge in [0.25, 0.3) is 0 Å². The largest absolute Gasteiger partial charge is 0.493 e. The predicted molar refractivity (Wildman–Crippen MR) is 79.3 cm³/mol. The van der Waals surface area contributed by atoms with Gasteiger partial charge in [0.1, 0.15) is 18.7 Å². The summed E-state index contributed by atoms with van der Waals surface area (Å²) in [6, 6.07) is 4.53. The van der Waals surface area contributed by atoms with Crippen LogP contribution < -0.4 is 9.47 Å². The first-order chi connectivity index (χ1) is 9.41. The molecule has 1 aliphatic rings. The molecule has 1 aromatic carbocycles. The van der Waals surface area contributed by atoms with E-state index in [4.69, 9.17) is 9.47 Å². The van der Waals surface area contributed by atoms with Crippen molar-refractivity contribution in [2.45, 2.75) is 32.4 Å². The summed E-state index contributed by atoms with van der Waals surface area (Å²) in [6.45, 7) is 5.90. The van der Waals surface area contributed by atoms with E-state index in [0.29, 0.717) is 6.04 Å². The van der Waals surface area contributed by atoms with Crippen molar-refractivity contribution < 1.29 is 19.1 Å². The summed E-state index contributed by atoms with van der Waals surface area (Å²) in [5.41, 5.74) is 2.63. The van der Waals surface area contributed by atoms with Crippen LogP contribution in [0.15, 0.2) is 12.1 Å². The van der Waals surface area contributed by atoms with Gasteiger partial charge in [-0.15, -0.1) is 0 Å². The first kappa shape index (κ1) is 15.1. The Morgan fingerprint density at radius 3 is 2.45 bits per heavy atom. The minimum atomic E-state index is -0.288. The Balaban J connectivity index is 2.41. The summed E-state index contributed by atoms with van der Waals surface area (Å²) < 4.78 is 11.7. The van der Waals surface area contributed by atoms with Gasteiger partial charge in [0.05, 0.1) is 27.8 Å². The van der Waals surface area contributed by atoms with Gasteiger partial charge in [0, 0.05) is 12.0 Å². The fourth-order valence-electron chi connectivity index (χ4n) is 3.30. The third kappa shape index (κ3) is 2.63. The topological polar surface area (TPSA) is 38.7 Å². The monoisotopic (exact) mass is 280 g/mol. The quantitative estimate of drug-likeness (QED) is 0.859. The molecule has 0 radical (unpaired) electrons. The van der Waals surface area contributed by atoms with Crippen LogP contribution in [0.3, 0.4) is 0 Å². The van der Waals surface area contributed by atoms with Gasteiger partial charge >= 0.3 is 0 Å². The van der Waals surface area contributed by atoms with Crippen molar-refractivity contribution in [3.63, 3.8) is 0 Å². The van der Waals surface area contributed by atoms with Gasteiger partial charge in [0.15, 0.2) is 11.5 Å². The number of rotatable bonds is 4. The van der Waals surface area contributed by atoms with Gasteiger partial charge in [0.2, 0.25) is 0 Å². The number of fused-ring (bicyclic) bond motifs is 1. The molecule has 1 aliphatic heterocycles. The third-order valence-corrected chi connectivity index (χ3v) is 4.60. The fourth-order valence-corrected chi connectivity index (χ4v) is 3.30. The molecule has 0 saturated carbocycles. The average Bonchev–Trinajstić information content (AvgIpc) is 2.41. The predicted octanol–water partition coefficient (Wildman–Crippen LogP) is 2.15. The lowest BCUT2D eigenvalue weighted by atomic mass is 9.90. The van der Waals surface area contributed by atoms with Crippen molar-refractivity contribution in [3.8, 4) is 11.5 Å². The maximum atomic E-state index is 9.76. The Morgan fingerprint density at radius 2 is 1.90 bits per heavy atom. The van der Waals surface area contributed by atoms with Crippen LogP contribution in [0.1, 0.15) is 31.0 Å². The zero-order valence-electron chi connectivity index (χ0n) is 13.1. The number of aliphatic hydroxyl groups is 1. The van der Waals surface area contributed by atoms with Gasteiger partial charge in [-0.05, 0) is 31.5 Å². The molecule has 0 spiro atoms. The van der Waals surface area contributed by atoms with E-state index in [0.717, 1.165) is 35.5 Å². The van der Waals surface area contributed by atoms with Crippen LogP contribution in [-0.2, 0) is 6.42 Å². The van der Waals surface area contributed by atoms with Crippen molar-refractivity contribution in [1.29, 1.82) is 0 Å². The molecule has 0 bridgehead atoms. The number of benzene rings is 1. The summed E-state index contributed by atoms with van der Waals surface area (Å²) >= 11 is 0. The highest BCUT2D eigenvalue weighted by atomic mass is 16.5. The van der Waals surface area contributed by atoms with Crippen LogP contribution in [0.2, 0.25) is 0 Å². The minimum absolute atomic E-state index is 0.288. The Labute approximate surface area is 121 Å². The molecule has 1 N–H and O–H groups in total. The Bertz CT molecular complexity index is 487. The van der Waals surface area contributed by atoms with Crippen molar-refractivity contribution in [2.75, 3.05) is 34.4 Å². The molecule has 0 aliphatic carbocycles. The maximum absolute atomic E-state index is 9.76. The standard InChI is InChI=1S/C16H26NO3/c1-11(18)10-17(3)7-6-13-8-15(19-4)16(20-5)9-14(13)12(17)2/h8-9,11-12,18H,6-7,10H2,1-5H3/q+1/t11?,12-,17?/m0/s1. The first-order valence-electron chi connectivity index (χ1n) is 7.18. The number of ether oxygens (including phenoxy) is 2. The molecular weight excluding hydrogens is 254 g/mol. The van der Waals surface area contributed by atoms with E-state index < -0.39 is 0 Å². The summed E-state index contributed by atoms with van der Waals surface area (Å²) in [6.07, 6.45) is 0.715. The molecule has 0 fully saturated rings. The molecule has 2 rings (SSSR count). The van der Waals surface area contributed by atoms with Crippen molar-refractivity contribution >= 4 is 0 Å². The zero-order valence-corrected chi connectivity index (χ0v) is 13.1. The van der Waals surface area contributed by atoms with Gasteiger partial charge in [-0.3, -0.25) is 0 Å². The molecule has 3 atom stereocenters. The van der Waals surface area contributed by atoms with Crippen LogP contribution in [-0.4, -0.2) is 50.1 Å². The molecule has 0 saturated heterocycles. The normalized spacial score (nSPS) is 26.8. The van der Waals surface area contributed by atoms with E-state index in [1.54, 1.807) is 14.2 Å². The first-order valence-corrected chi connectivity index (χ1v) is 7.18. The molecule has 2 unspecified atom stereocenters. The molecule has 112 valence electrons. The molecular formula is C16H26NO3+. The number of hydrogen-bond acceptors (Lipinski definition) is 3. The van der Waals surface area contributed by atoms with Gasteiger partial charge in [-0.25, -0.2) is 0 Å². The fraction of sp³-hybridized carbons (Fsp3) is 0.625. The number of methoxy groups -OCH3 is 2. The Kier molecular flexibility index (Phi) is 4.25. The van der Waals surface area contributed by atoms with Crippen LogP contribution in [0, 0.1) is 0 Å². The SMILES string of the molecule is COc1cc2c(cc1OC)[C@H](C)[N+](C)(CC(C)O)CC2. The van der Waals surface area contributed by atoms with Crippen LogP contribution in [0.5, 0.6) is 11.5 Å². The molecule has 4 heteroatoms. The minimum Gasteiger partial charge on any atom is -0.493 e. The molecule has 0 amide bonds. The Morgan fingerprint density at radius 1 is 1.30 bits per heavy atom. The van der Waals surface area contributed by atoms with E-state index in [9.17, 15) is 5.11 Å². The highest BCUT2D eigenvalue weighted by Crippen LogP contribution is 2.40. The molecule has 1 aromatic rings. The van der Waals surface area contributed by atoms with Gasteiger partial charge < -0.3 is 19.1 Å². The number of quaternary nitrogens is 1. The van der Waals surface area contributed by atoms with E-state index in [1.807, 2.05) is 6.92 Å². The van der Waals surface area contributed by atoms with E-state index >= 15 is 0 Å². The van der Waals surface area contributed by atoms with Crippen molar-refractivity contribution in [1.82, 2.24) is 0 Å². The van der Waals surface area contributed by atoms with Crippen molar-refractivity contribution in [2.24, 2.45) is 0 Å². The summed E-state index contributed by atoms with van der Waals surface area (Å²) in [4.78, 5) is 0. The number of hydrogen-bond donors (Lipinski definition) is 1. The summed E-state index contributed by atoms with van der Waals surface area (Å²) in [7, 11) is 5.56. The molecule has 0 aromatic heterocycles. The lowest BCUT2D eigenvalue weighted by Crippen LogP contribution is -2.53. The lowest BCUT2D eigenvalue weighted by molar-refractivity contribution is -0.942. The Hall–Kier alpha value is -1.26. The lowest BCUT2D eigenvalue weighted by Gasteiger charge is -2.45. The van der Waals surface area contributed by atoms with Crippen LogP contribution in [0.4, 0.5) is 0 Å². The average molecular weight is 280 g/mol. The van der Waals surface area contributed by atoms with E-state index in [-0.39, 0.29) is 6.10 Å². The van der Waals surface area contributed by atoms with Gasteiger partial charge in [-0.1, -0.05) is 0 Å². The molecule has 4 nitrogen and oxygen atoms in total. The second-order valence-electron chi connectivity index (χ2n) is 6.07. The summed E-state index contributed by atoms with van der Waals surface area (Å²) in [5, 5.41) is 9.76. The van der Waals surface area contributed by atoms with Crippen LogP contribution >= 0.6 is 0 Å². The summed E-state index contributed by atoms with van der Waals surface area (Å²) in [5.74, 6) is 1.58. The molecule has 1 heterocycles. The second kappa shape index (κ2) is 5.62. The van der Waals surface area contributed by atoms with Crippen LogP contribution in [0.25, 0.3) is 0 Å². The maximum Gasteiger partial charge on any atom is 0.161 e. The zero-order chi connectivity index (χ0) is 14.9.